The third-order valence-corrected chi connectivity index (χ3v) is 4.25. The molecule has 6 unspecified atom stereocenters. The van der Waals surface area contributed by atoms with Crippen LogP contribution in [0.1, 0.15) is 19.5 Å². The first-order valence-corrected chi connectivity index (χ1v) is 9.31. The molecule has 1 rings (SSSR count). The lowest BCUT2D eigenvalue weighted by atomic mass is 10.1. The summed E-state index contributed by atoms with van der Waals surface area (Å²) in [7, 11) is 0. The first-order chi connectivity index (χ1) is 14.5. The molecule has 31 heavy (non-hydrogen) atoms. The van der Waals surface area contributed by atoms with E-state index in [0.717, 1.165) is 0 Å². The van der Waals surface area contributed by atoms with E-state index in [9.17, 15) is 29.4 Å². The number of nitrogens with zero attached hydrogens (tertiary/aromatic N) is 1. The van der Waals surface area contributed by atoms with Crippen LogP contribution in [-0.2, 0) is 25.6 Å². The van der Waals surface area contributed by atoms with Crippen molar-refractivity contribution in [1.82, 2.24) is 25.9 Å². The number of aliphatic carboxylic acids is 1. The summed E-state index contributed by atoms with van der Waals surface area (Å²) in [4.78, 5) is 55.0. The van der Waals surface area contributed by atoms with Crippen LogP contribution in [0.3, 0.4) is 0 Å². The number of H-pyrrole nitrogens is 1. The molecule has 0 saturated heterocycles. The normalized spacial score (nSPS) is 16.8. The number of carboxylic acid groups (broad SMARTS) is 1. The Labute approximate surface area is 177 Å². The number of carboxylic acids is 1. The lowest BCUT2D eigenvalue weighted by Crippen LogP contribution is -2.61. The first kappa shape index (κ1) is 26.0. The molecule has 1 aromatic heterocycles. The van der Waals surface area contributed by atoms with E-state index in [2.05, 4.69) is 25.9 Å². The van der Waals surface area contributed by atoms with Crippen LogP contribution < -0.4 is 21.7 Å². The van der Waals surface area contributed by atoms with Crippen molar-refractivity contribution in [2.75, 3.05) is 6.61 Å². The van der Waals surface area contributed by atoms with Gasteiger partial charge in [0.25, 0.3) is 0 Å². The highest BCUT2D eigenvalue weighted by molar-refractivity contribution is 5.94. The number of aliphatic hydroxyl groups excluding tert-OH is 3. The maximum atomic E-state index is 12.7. The smallest absolute Gasteiger partial charge is 0.328 e. The maximum Gasteiger partial charge on any atom is 0.328 e. The number of aliphatic hydroxyl groups is 3. The Kier molecular flexibility index (Phi) is 10.0. The summed E-state index contributed by atoms with van der Waals surface area (Å²) in [5, 5.41) is 44.2. The molecule has 10 N–H and O–H groups in total. The van der Waals surface area contributed by atoms with E-state index >= 15 is 0 Å². The minimum Gasteiger partial charge on any atom is -0.480 e. The highest BCUT2D eigenvalue weighted by Crippen LogP contribution is 2.04. The number of hydrogen-bond donors (Lipinski definition) is 9. The number of aromatic nitrogens is 2. The number of nitrogens with one attached hydrogen (secondary N) is 4. The number of hydrogen-bond acceptors (Lipinski definition) is 9. The molecule has 0 fully saturated rings. The summed E-state index contributed by atoms with van der Waals surface area (Å²) < 4.78 is 0. The van der Waals surface area contributed by atoms with Gasteiger partial charge in [0.1, 0.15) is 18.1 Å². The van der Waals surface area contributed by atoms with Crippen molar-refractivity contribution in [2.45, 2.75) is 56.6 Å². The van der Waals surface area contributed by atoms with Crippen LogP contribution in [0.15, 0.2) is 12.5 Å². The summed E-state index contributed by atoms with van der Waals surface area (Å²) in [5.74, 6) is -4.28. The number of carbonyl (C=O) groups excluding carboxylic acids is 3. The van der Waals surface area contributed by atoms with Gasteiger partial charge in [-0.25, -0.2) is 9.78 Å². The van der Waals surface area contributed by atoms with Crippen molar-refractivity contribution in [2.24, 2.45) is 5.73 Å². The lowest BCUT2D eigenvalue weighted by Gasteiger charge is -2.26. The summed E-state index contributed by atoms with van der Waals surface area (Å²) in [6, 6.07) is -5.84. The number of amides is 3. The molecule has 0 aliphatic heterocycles. The number of rotatable bonds is 12. The van der Waals surface area contributed by atoms with Crippen LogP contribution in [0.25, 0.3) is 0 Å². The van der Waals surface area contributed by atoms with Crippen LogP contribution in [0.2, 0.25) is 0 Å². The Morgan fingerprint density at radius 2 is 1.61 bits per heavy atom. The maximum absolute atomic E-state index is 12.7. The molecule has 0 bridgehead atoms. The molecule has 1 aromatic rings. The quantitative estimate of drug-likeness (QED) is 0.150. The van der Waals surface area contributed by atoms with Gasteiger partial charge in [0, 0.05) is 18.3 Å². The monoisotopic (exact) mass is 444 g/mol. The first-order valence-electron chi connectivity index (χ1n) is 9.31. The van der Waals surface area contributed by atoms with Gasteiger partial charge in [-0.1, -0.05) is 0 Å². The zero-order valence-corrected chi connectivity index (χ0v) is 17.0. The van der Waals surface area contributed by atoms with Crippen molar-refractivity contribution in [3.63, 3.8) is 0 Å². The summed E-state index contributed by atoms with van der Waals surface area (Å²) in [5.41, 5.74) is 5.81. The second-order valence-electron chi connectivity index (χ2n) is 6.92. The predicted octanol–water partition coefficient (Wildman–Crippen LogP) is -4.43. The van der Waals surface area contributed by atoms with Gasteiger partial charge >= 0.3 is 5.97 Å². The minimum atomic E-state index is -1.64. The van der Waals surface area contributed by atoms with Crippen LogP contribution >= 0.6 is 0 Å². The van der Waals surface area contributed by atoms with E-state index in [1.165, 1.54) is 26.4 Å². The van der Waals surface area contributed by atoms with Crippen LogP contribution in [0.5, 0.6) is 0 Å². The average molecular weight is 444 g/mol. The molecule has 174 valence electrons. The molecule has 1 heterocycles. The zero-order valence-electron chi connectivity index (χ0n) is 17.0. The zero-order chi connectivity index (χ0) is 23.7. The van der Waals surface area contributed by atoms with E-state index in [-0.39, 0.29) is 6.42 Å². The molecule has 0 saturated carbocycles. The summed E-state index contributed by atoms with van der Waals surface area (Å²) >= 11 is 0. The van der Waals surface area contributed by atoms with E-state index in [4.69, 9.17) is 15.9 Å². The van der Waals surface area contributed by atoms with Gasteiger partial charge in [-0.15, -0.1) is 0 Å². The minimum absolute atomic E-state index is 0.139. The molecule has 0 aliphatic carbocycles. The predicted molar refractivity (Wildman–Crippen MR) is 104 cm³/mol. The van der Waals surface area contributed by atoms with Crippen LogP contribution in [0.4, 0.5) is 0 Å². The number of nitrogens with two attached hydrogens (primary N) is 1. The fourth-order valence-electron chi connectivity index (χ4n) is 2.48. The fourth-order valence-corrected chi connectivity index (χ4v) is 2.48. The van der Waals surface area contributed by atoms with Crippen molar-refractivity contribution in [3.8, 4) is 0 Å². The van der Waals surface area contributed by atoms with Crippen molar-refractivity contribution >= 4 is 23.7 Å². The molecular weight excluding hydrogens is 416 g/mol. The molecule has 0 aromatic carbocycles. The van der Waals surface area contributed by atoms with Gasteiger partial charge in [-0.3, -0.25) is 14.4 Å². The van der Waals surface area contributed by atoms with E-state index < -0.39 is 66.7 Å². The van der Waals surface area contributed by atoms with Gasteiger partial charge in [0.15, 0.2) is 6.04 Å². The lowest BCUT2D eigenvalue weighted by molar-refractivity contribution is -0.145. The standard InChI is InChI=1S/C17H28N6O8/c1-7(25)12(22-14(27)10(18)5-24)16(29)21-11(3-9-4-19-6-20-9)15(28)23-13(8(2)26)17(30)31/h4,6-8,10-13,24-26H,3,5,18H2,1-2H3,(H,19,20)(H,21,29)(H,22,27)(H,23,28)(H,30,31). The van der Waals surface area contributed by atoms with E-state index in [1.807, 2.05) is 0 Å². The van der Waals surface area contributed by atoms with Crippen molar-refractivity contribution < 1.29 is 39.6 Å². The number of aromatic amines is 1. The summed E-state index contributed by atoms with van der Waals surface area (Å²) in [6.07, 6.45) is -0.245. The second-order valence-corrected chi connectivity index (χ2v) is 6.92. The summed E-state index contributed by atoms with van der Waals surface area (Å²) in [6.45, 7) is 1.69. The highest BCUT2D eigenvalue weighted by Gasteiger charge is 2.33. The Bertz CT molecular complexity index is 754. The Morgan fingerprint density at radius 3 is 2.06 bits per heavy atom. The van der Waals surface area contributed by atoms with Crippen LogP contribution in [0, 0.1) is 0 Å². The number of carbonyl (C=O) groups is 4. The van der Waals surface area contributed by atoms with Crippen molar-refractivity contribution in [1.29, 1.82) is 0 Å². The molecule has 14 nitrogen and oxygen atoms in total. The molecule has 3 amide bonds. The molecule has 0 aliphatic rings. The SMILES string of the molecule is CC(O)C(NC(=O)C(Cc1cnc[nH]1)NC(=O)C(NC(=O)C(N)CO)C(C)O)C(=O)O. The molecular formula is C17H28N6O8. The fraction of sp³-hybridized carbons (Fsp3) is 0.588. The molecule has 0 spiro atoms. The Balaban J connectivity index is 3.03. The van der Waals surface area contributed by atoms with Gasteiger partial charge in [-0.05, 0) is 13.8 Å². The third kappa shape index (κ3) is 7.93. The Morgan fingerprint density at radius 1 is 1.03 bits per heavy atom. The Hall–Kier alpha value is -3.07. The number of imidazole rings is 1. The van der Waals surface area contributed by atoms with E-state index in [1.54, 1.807) is 0 Å². The van der Waals surface area contributed by atoms with Gasteiger partial charge < -0.3 is 47.1 Å². The average Bonchev–Trinajstić information content (AvgIpc) is 3.20. The topological polar surface area (TPSA) is 240 Å². The second kappa shape index (κ2) is 11.9. The van der Waals surface area contributed by atoms with Gasteiger partial charge in [0.05, 0.1) is 25.1 Å². The highest BCUT2D eigenvalue weighted by atomic mass is 16.4. The molecule has 0 radical (unpaired) electrons. The van der Waals surface area contributed by atoms with E-state index in [0.29, 0.717) is 5.69 Å². The van der Waals surface area contributed by atoms with Crippen molar-refractivity contribution in [3.05, 3.63) is 18.2 Å². The van der Waals surface area contributed by atoms with Crippen LogP contribution in [-0.4, -0.2) is 97.1 Å². The molecule has 14 heteroatoms. The largest absolute Gasteiger partial charge is 0.480 e. The molecule has 6 atom stereocenters. The third-order valence-electron chi connectivity index (χ3n) is 4.25. The van der Waals surface area contributed by atoms with Gasteiger partial charge in [-0.2, -0.15) is 0 Å². The van der Waals surface area contributed by atoms with Gasteiger partial charge in [0.2, 0.25) is 17.7 Å².